The van der Waals surface area contributed by atoms with E-state index in [1.807, 2.05) is 30.3 Å². The third-order valence-electron chi connectivity index (χ3n) is 4.15. The van der Waals surface area contributed by atoms with E-state index in [1.165, 1.54) is 11.3 Å². The molecule has 0 aliphatic heterocycles. The first-order chi connectivity index (χ1) is 13.7. The van der Waals surface area contributed by atoms with Gasteiger partial charge in [-0.1, -0.05) is 24.3 Å². The molecule has 0 aliphatic rings. The third kappa shape index (κ3) is 3.37. The minimum atomic E-state index is 0.553. The highest BCUT2D eigenvalue weighted by atomic mass is 32.1. The number of fused-ring (bicyclic) bond motifs is 1. The highest BCUT2D eigenvalue weighted by molar-refractivity contribution is 7.16. The molecule has 1 N–H and O–H groups in total. The molecular formula is C20H16N4O3S. The van der Waals surface area contributed by atoms with Crippen LogP contribution in [0.3, 0.4) is 0 Å². The largest absolute Gasteiger partial charge is 0.493 e. The molecule has 0 aliphatic carbocycles. The van der Waals surface area contributed by atoms with Crippen molar-refractivity contribution in [2.24, 2.45) is 0 Å². The van der Waals surface area contributed by atoms with E-state index in [0.717, 1.165) is 22.4 Å². The molecular weight excluding hydrogens is 376 g/mol. The minimum Gasteiger partial charge on any atom is -0.493 e. The molecule has 7 nitrogen and oxygen atoms in total. The Morgan fingerprint density at radius 2 is 1.79 bits per heavy atom. The molecule has 0 radical (unpaired) electrons. The van der Waals surface area contributed by atoms with Crippen molar-refractivity contribution in [3.8, 4) is 22.9 Å². The summed E-state index contributed by atoms with van der Waals surface area (Å²) in [6.45, 7) is 0. The maximum absolute atomic E-state index is 10.9. The summed E-state index contributed by atoms with van der Waals surface area (Å²) in [4.78, 5) is 25.3. The van der Waals surface area contributed by atoms with Gasteiger partial charge in [0, 0.05) is 22.9 Å². The number of anilines is 2. The molecule has 2 heterocycles. The second-order valence-electron chi connectivity index (χ2n) is 5.84. The Kier molecular flexibility index (Phi) is 4.86. The Balaban J connectivity index is 1.76. The van der Waals surface area contributed by atoms with Crippen LogP contribution in [0.5, 0.6) is 11.5 Å². The van der Waals surface area contributed by atoms with Crippen molar-refractivity contribution < 1.29 is 14.3 Å². The second-order valence-corrected chi connectivity index (χ2v) is 6.67. The van der Waals surface area contributed by atoms with E-state index < -0.39 is 0 Å². The first kappa shape index (κ1) is 17.9. The molecule has 0 fully saturated rings. The number of aromatic nitrogens is 3. The first-order valence-electron chi connectivity index (χ1n) is 8.37. The summed E-state index contributed by atoms with van der Waals surface area (Å²) >= 11 is 1.44. The molecule has 140 valence electrons. The van der Waals surface area contributed by atoms with Gasteiger partial charge in [-0.2, -0.15) is 0 Å². The zero-order valence-electron chi connectivity index (χ0n) is 15.2. The van der Waals surface area contributed by atoms with Crippen LogP contribution in [-0.4, -0.2) is 35.5 Å². The van der Waals surface area contributed by atoms with Gasteiger partial charge in [0.25, 0.3) is 0 Å². The maximum atomic E-state index is 10.9. The number of thiazole rings is 1. The standard InChI is InChI=1S/C20H16N4O3S/c1-26-15-8-7-14(9-16(15)27-2)22-19-17-20(28-11-21-17)24-18(23-19)13-5-3-12(10-25)4-6-13/h3-11H,1-2H3,(H,22,23,24). The Bertz CT molecular complexity index is 1140. The van der Waals surface area contributed by atoms with E-state index in [9.17, 15) is 4.79 Å². The molecule has 0 saturated heterocycles. The number of nitrogens with zero attached hydrogens (tertiary/aromatic N) is 3. The van der Waals surface area contributed by atoms with Crippen molar-refractivity contribution in [2.75, 3.05) is 19.5 Å². The summed E-state index contributed by atoms with van der Waals surface area (Å²) in [5, 5.41) is 3.29. The highest BCUT2D eigenvalue weighted by Crippen LogP contribution is 2.33. The van der Waals surface area contributed by atoms with Crippen LogP contribution in [0.2, 0.25) is 0 Å². The fraction of sp³-hybridized carbons (Fsp3) is 0.100. The molecule has 8 heteroatoms. The van der Waals surface area contributed by atoms with Crippen LogP contribution in [0.15, 0.2) is 48.0 Å². The lowest BCUT2D eigenvalue weighted by atomic mass is 10.1. The van der Waals surface area contributed by atoms with Crippen LogP contribution in [0.4, 0.5) is 11.5 Å². The van der Waals surface area contributed by atoms with Gasteiger partial charge in [0.15, 0.2) is 23.1 Å². The Hall–Kier alpha value is -3.52. The zero-order chi connectivity index (χ0) is 19.5. The number of ether oxygens (including phenoxy) is 2. The van der Waals surface area contributed by atoms with E-state index in [0.29, 0.717) is 34.2 Å². The summed E-state index contributed by atoms with van der Waals surface area (Å²) in [7, 11) is 3.18. The molecule has 2 aromatic carbocycles. The van der Waals surface area contributed by atoms with Gasteiger partial charge in [0.1, 0.15) is 16.6 Å². The SMILES string of the molecule is COc1ccc(Nc2nc(-c3ccc(C=O)cc3)nc3scnc23)cc1OC. The molecule has 0 saturated carbocycles. The van der Waals surface area contributed by atoms with Crippen LogP contribution in [0, 0.1) is 0 Å². The Labute approximate surface area is 165 Å². The fourth-order valence-corrected chi connectivity index (χ4v) is 3.40. The number of hydrogen-bond acceptors (Lipinski definition) is 8. The number of hydrogen-bond donors (Lipinski definition) is 1. The van der Waals surface area contributed by atoms with Gasteiger partial charge in [-0.05, 0) is 12.1 Å². The van der Waals surface area contributed by atoms with Gasteiger partial charge in [0.05, 0.1) is 19.7 Å². The summed E-state index contributed by atoms with van der Waals surface area (Å²) in [5.74, 6) is 2.40. The lowest BCUT2D eigenvalue weighted by molar-refractivity contribution is 0.112. The Morgan fingerprint density at radius 1 is 1.00 bits per heavy atom. The molecule has 0 unspecified atom stereocenters. The van der Waals surface area contributed by atoms with Crippen LogP contribution in [0.25, 0.3) is 21.7 Å². The van der Waals surface area contributed by atoms with Gasteiger partial charge in [0.2, 0.25) is 0 Å². The number of nitrogens with one attached hydrogen (secondary N) is 1. The number of carbonyl (C=O) groups is 1. The molecule has 0 spiro atoms. The normalized spacial score (nSPS) is 10.6. The third-order valence-corrected chi connectivity index (χ3v) is 4.87. The predicted octanol–water partition coefficient (Wildman–Crippen LogP) is 4.33. The second kappa shape index (κ2) is 7.61. The quantitative estimate of drug-likeness (QED) is 0.489. The number of carbonyl (C=O) groups excluding carboxylic acids is 1. The van der Waals surface area contributed by atoms with Crippen molar-refractivity contribution in [2.45, 2.75) is 0 Å². The maximum Gasteiger partial charge on any atom is 0.163 e. The predicted molar refractivity (Wildman–Crippen MR) is 109 cm³/mol. The van der Waals surface area contributed by atoms with Crippen LogP contribution >= 0.6 is 11.3 Å². The van der Waals surface area contributed by atoms with Crippen molar-refractivity contribution in [3.05, 3.63) is 53.5 Å². The van der Waals surface area contributed by atoms with Gasteiger partial charge in [-0.3, -0.25) is 4.79 Å². The number of methoxy groups -OCH3 is 2. The average molecular weight is 392 g/mol. The van der Waals surface area contributed by atoms with E-state index in [-0.39, 0.29) is 0 Å². The zero-order valence-corrected chi connectivity index (χ0v) is 16.0. The molecule has 0 bridgehead atoms. The molecule has 4 aromatic rings. The number of rotatable bonds is 6. The van der Waals surface area contributed by atoms with Crippen molar-refractivity contribution >= 4 is 39.5 Å². The van der Waals surface area contributed by atoms with Crippen LogP contribution < -0.4 is 14.8 Å². The lowest BCUT2D eigenvalue weighted by Crippen LogP contribution is -2.00. The monoisotopic (exact) mass is 392 g/mol. The van der Waals surface area contributed by atoms with Crippen LogP contribution in [-0.2, 0) is 0 Å². The van der Waals surface area contributed by atoms with E-state index in [2.05, 4.69) is 20.3 Å². The van der Waals surface area contributed by atoms with E-state index in [4.69, 9.17) is 9.47 Å². The number of benzene rings is 2. The van der Waals surface area contributed by atoms with Crippen molar-refractivity contribution in [1.82, 2.24) is 15.0 Å². The fourth-order valence-electron chi connectivity index (χ4n) is 2.74. The van der Waals surface area contributed by atoms with E-state index in [1.54, 1.807) is 31.9 Å². The Morgan fingerprint density at radius 3 is 2.50 bits per heavy atom. The van der Waals surface area contributed by atoms with Crippen molar-refractivity contribution in [1.29, 1.82) is 0 Å². The molecule has 0 amide bonds. The lowest BCUT2D eigenvalue weighted by Gasteiger charge is -2.12. The van der Waals surface area contributed by atoms with Gasteiger partial charge >= 0.3 is 0 Å². The topological polar surface area (TPSA) is 86.2 Å². The average Bonchev–Trinajstić information content (AvgIpc) is 3.22. The molecule has 28 heavy (non-hydrogen) atoms. The van der Waals surface area contributed by atoms with Gasteiger partial charge in [-0.15, -0.1) is 11.3 Å². The number of aldehydes is 1. The van der Waals surface area contributed by atoms with E-state index >= 15 is 0 Å². The summed E-state index contributed by atoms with van der Waals surface area (Å²) in [6, 6.07) is 12.7. The van der Waals surface area contributed by atoms with Gasteiger partial charge in [-0.25, -0.2) is 15.0 Å². The summed E-state index contributed by atoms with van der Waals surface area (Å²) in [5.41, 5.74) is 4.63. The minimum absolute atomic E-state index is 0.553. The molecule has 4 rings (SSSR count). The molecule has 2 aromatic heterocycles. The van der Waals surface area contributed by atoms with Crippen LogP contribution in [0.1, 0.15) is 10.4 Å². The summed E-state index contributed by atoms with van der Waals surface area (Å²) in [6.07, 6.45) is 0.807. The smallest absolute Gasteiger partial charge is 0.163 e. The highest BCUT2D eigenvalue weighted by Gasteiger charge is 2.13. The summed E-state index contributed by atoms with van der Waals surface area (Å²) < 4.78 is 10.6. The van der Waals surface area contributed by atoms with Crippen molar-refractivity contribution in [3.63, 3.8) is 0 Å². The van der Waals surface area contributed by atoms with Gasteiger partial charge < -0.3 is 14.8 Å². The first-order valence-corrected chi connectivity index (χ1v) is 9.25. The molecule has 0 atom stereocenters.